The van der Waals surface area contributed by atoms with Crippen molar-refractivity contribution in [3.63, 3.8) is 0 Å². The minimum atomic E-state index is -4.83. The van der Waals surface area contributed by atoms with E-state index < -0.39 is 22.1 Å². The molecule has 1 unspecified atom stereocenters. The number of benzene rings is 1. The summed E-state index contributed by atoms with van der Waals surface area (Å²) < 4.78 is 66.4. The molecule has 0 aliphatic heterocycles. The Morgan fingerprint density at radius 2 is 1.95 bits per heavy atom. The van der Waals surface area contributed by atoms with Gasteiger partial charge in [-0.3, -0.25) is 0 Å². The van der Waals surface area contributed by atoms with Gasteiger partial charge in [-0.05, 0) is 48.1 Å². The first-order valence-corrected chi connectivity index (χ1v) is 8.05. The van der Waals surface area contributed by atoms with Gasteiger partial charge < -0.3 is 10.1 Å². The van der Waals surface area contributed by atoms with Crippen LogP contribution < -0.4 is 14.8 Å². The molecule has 2 N–H and O–H groups in total. The van der Waals surface area contributed by atoms with Crippen LogP contribution in [0.4, 0.5) is 13.2 Å². The number of sulfonamides is 1. The molecule has 0 aliphatic carbocycles. The van der Waals surface area contributed by atoms with E-state index in [9.17, 15) is 21.6 Å². The van der Waals surface area contributed by atoms with Crippen LogP contribution in [0.3, 0.4) is 0 Å². The van der Waals surface area contributed by atoms with Gasteiger partial charge in [0.05, 0.1) is 4.90 Å². The lowest BCUT2D eigenvalue weighted by atomic mass is 10.3. The van der Waals surface area contributed by atoms with Crippen molar-refractivity contribution in [1.82, 2.24) is 10.0 Å². The predicted molar refractivity (Wildman–Crippen MR) is 81.8 cm³/mol. The summed E-state index contributed by atoms with van der Waals surface area (Å²) in [6, 6.07) is 2.83. The number of alkyl halides is 3. The van der Waals surface area contributed by atoms with Gasteiger partial charge in [-0.15, -0.1) is 25.6 Å². The van der Waals surface area contributed by atoms with E-state index in [1.807, 2.05) is 0 Å². The largest absolute Gasteiger partial charge is 0.573 e. The lowest BCUT2D eigenvalue weighted by Gasteiger charge is -2.14. The third-order valence-electron chi connectivity index (χ3n) is 2.50. The molecule has 1 atom stereocenters. The van der Waals surface area contributed by atoms with Gasteiger partial charge in [0.25, 0.3) is 0 Å². The molecular formula is C11H15BrClF3N2O3S. The molecule has 11 heteroatoms. The van der Waals surface area contributed by atoms with Crippen molar-refractivity contribution in [3.8, 4) is 5.75 Å². The third kappa shape index (κ3) is 6.69. The van der Waals surface area contributed by atoms with Crippen LogP contribution in [0.2, 0.25) is 0 Å². The second-order valence-electron chi connectivity index (χ2n) is 4.18. The molecule has 1 aromatic carbocycles. The maximum Gasteiger partial charge on any atom is 0.573 e. The van der Waals surface area contributed by atoms with Gasteiger partial charge in [-0.2, -0.15) is 0 Å². The molecule has 1 aromatic rings. The Morgan fingerprint density at radius 3 is 2.41 bits per heavy atom. The minimum absolute atomic E-state index is 0. The SMILES string of the molecule is CNC(C)CNS(=O)(=O)c1ccc(OC(F)(F)F)cc1Br.Cl. The number of likely N-dealkylation sites (N-methyl/N-ethyl adjacent to an activating group) is 1. The molecule has 0 aromatic heterocycles. The molecule has 0 radical (unpaired) electrons. The maximum atomic E-state index is 12.1. The monoisotopic (exact) mass is 426 g/mol. The van der Waals surface area contributed by atoms with E-state index in [4.69, 9.17) is 0 Å². The molecule has 0 saturated carbocycles. The fourth-order valence-electron chi connectivity index (χ4n) is 1.31. The average molecular weight is 428 g/mol. The van der Waals surface area contributed by atoms with E-state index in [0.717, 1.165) is 18.2 Å². The molecule has 1 rings (SSSR count). The highest BCUT2D eigenvalue weighted by molar-refractivity contribution is 9.10. The van der Waals surface area contributed by atoms with Gasteiger partial charge in [-0.1, -0.05) is 0 Å². The molecule has 0 heterocycles. The Kier molecular flexibility index (Phi) is 8.14. The van der Waals surface area contributed by atoms with E-state index in [1.165, 1.54) is 0 Å². The number of hydrogen-bond acceptors (Lipinski definition) is 4. The third-order valence-corrected chi connectivity index (χ3v) is 4.90. The lowest BCUT2D eigenvalue weighted by molar-refractivity contribution is -0.274. The molecule has 0 bridgehead atoms. The Bertz CT molecular complexity index is 599. The van der Waals surface area contributed by atoms with Crippen molar-refractivity contribution in [2.24, 2.45) is 0 Å². The minimum Gasteiger partial charge on any atom is -0.406 e. The Morgan fingerprint density at radius 1 is 1.36 bits per heavy atom. The summed E-state index contributed by atoms with van der Waals surface area (Å²) >= 11 is 2.93. The highest BCUT2D eigenvalue weighted by Crippen LogP contribution is 2.29. The van der Waals surface area contributed by atoms with Crippen LogP contribution in [0.15, 0.2) is 27.6 Å². The normalized spacial score (nSPS) is 13.4. The first-order chi connectivity index (χ1) is 9.55. The van der Waals surface area contributed by atoms with E-state index in [0.29, 0.717) is 0 Å². The molecule has 0 aliphatic rings. The molecule has 0 saturated heterocycles. The van der Waals surface area contributed by atoms with E-state index in [1.54, 1.807) is 14.0 Å². The molecule has 22 heavy (non-hydrogen) atoms. The molecule has 0 amide bonds. The standard InChI is InChI=1S/C11H14BrF3N2O3S.ClH/c1-7(16-2)6-17-21(18,19)10-4-3-8(5-9(10)12)20-11(13,14)15;/h3-5,7,16-17H,6H2,1-2H3;1H. The number of nitrogens with one attached hydrogen (secondary N) is 2. The van der Waals surface area contributed by atoms with E-state index in [-0.39, 0.29) is 34.4 Å². The summed E-state index contributed by atoms with van der Waals surface area (Å²) in [5.41, 5.74) is 0. The van der Waals surface area contributed by atoms with Gasteiger partial charge in [0.1, 0.15) is 5.75 Å². The molecule has 5 nitrogen and oxygen atoms in total. The van der Waals surface area contributed by atoms with Crippen molar-refractivity contribution >= 4 is 38.4 Å². The quantitative estimate of drug-likeness (QED) is 0.732. The summed E-state index contributed by atoms with van der Waals surface area (Å²) in [6.45, 7) is 1.92. The predicted octanol–water partition coefficient (Wildman–Crippen LogP) is 2.66. The number of ether oxygens (including phenoxy) is 1. The van der Waals surface area contributed by atoms with Crippen molar-refractivity contribution in [2.75, 3.05) is 13.6 Å². The van der Waals surface area contributed by atoms with Crippen molar-refractivity contribution in [1.29, 1.82) is 0 Å². The molecule has 0 fully saturated rings. The first kappa shape index (κ1) is 21.4. The molecule has 128 valence electrons. The fourth-order valence-corrected chi connectivity index (χ4v) is 3.50. The van der Waals surface area contributed by atoms with Crippen LogP contribution in [0, 0.1) is 0 Å². The Labute approximate surface area is 141 Å². The van der Waals surface area contributed by atoms with Crippen molar-refractivity contribution in [3.05, 3.63) is 22.7 Å². The smallest absolute Gasteiger partial charge is 0.406 e. The molecule has 0 spiro atoms. The second-order valence-corrected chi connectivity index (χ2v) is 6.77. The first-order valence-electron chi connectivity index (χ1n) is 5.77. The fraction of sp³-hybridized carbons (Fsp3) is 0.455. The number of rotatable bonds is 6. The number of hydrogen-bond donors (Lipinski definition) is 2. The van der Waals surface area contributed by atoms with Crippen LogP contribution in [0.25, 0.3) is 0 Å². The summed E-state index contributed by atoms with van der Waals surface area (Å²) in [7, 11) is -2.15. The highest BCUT2D eigenvalue weighted by Gasteiger charge is 2.31. The van der Waals surface area contributed by atoms with Gasteiger partial charge in [0.15, 0.2) is 0 Å². The average Bonchev–Trinajstić information content (AvgIpc) is 2.33. The van der Waals surface area contributed by atoms with Crippen LogP contribution in [0.1, 0.15) is 6.92 Å². The van der Waals surface area contributed by atoms with Gasteiger partial charge in [0, 0.05) is 17.1 Å². The van der Waals surface area contributed by atoms with E-state index in [2.05, 4.69) is 30.7 Å². The summed E-state index contributed by atoms with van der Waals surface area (Å²) in [6.07, 6.45) is -4.83. The topological polar surface area (TPSA) is 67.4 Å². The Balaban J connectivity index is 0.00000441. The van der Waals surface area contributed by atoms with Gasteiger partial charge in [0.2, 0.25) is 10.0 Å². The zero-order valence-electron chi connectivity index (χ0n) is 11.6. The van der Waals surface area contributed by atoms with Crippen LogP contribution in [0.5, 0.6) is 5.75 Å². The zero-order valence-corrected chi connectivity index (χ0v) is 14.8. The van der Waals surface area contributed by atoms with Crippen molar-refractivity contribution < 1.29 is 26.3 Å². The maximum absolute atomic E-state index is 12.1. The van der Waals surface area contributed by atoms with Gasteiger partial charge in [-0.25, -0.2) is 13.1 Å². The summed E-state index contributed by atoms with van der Waals surface area (Å²) in [5, 5.41) is 2.85. The second kappa shape index (κ2) is 8.34. The lowest BCUT2D eigenvalue weighted by Crippen LogP contribution is -2.37. The highest BCUT2D eigenvalue weighted by atomic mass is 79.9. The van der Waals surface area contributed by atoms with Crippen molar-refractivity contribution in [2.45, 2.75) is 24.2 Å². The summed E-state index contributed by atoms with van der Waals surface area (Å²) in [5.74, 6) is -0.503. The zero-order chi connectivity index (χ0) is 16.3. The molecular weight excluding hydrogens is 413 g/mol. The van der Waals surface area contributed by atoms with Crippen LogP contribution >= 0.6 is 28.3 Å². The Hall–Kier alpha value is -0.550. The number of halogens is 5. The van der Waals surface area contributed by atoms with Crippen LogP contribution in [-0.2, 0) is 10.0 Å². The van der Waals surface area contributed by atoms with E-state index >= 15 is 0 Å². The van der Waals surface area contributed by atoms with Crippen LogP contribution in [-0.4, -0.2) is 34.4 Å². The van der Waals surface area contributed by atoms with Gasteiger partial charge >= 0.3 is 6.36 Å². The summed E-state index contributed by atoms with van der Waals surface area (Å²) in [4.78, 5) is -0.166.